The Labute approximate surface area is 597 Å². The van der Waals surface area contributed by atoms with Gasteiger partial charge in [-0.1, -0.05) is 314 Å². The minimum absolute atomic E-state index is 0.0860. The van der Waals surface area contributed by atoms with Gasteiger partial charge >= 0.3 is 39.5 Å². The van der Waals surface area contributed by atoms with E-state index in [-0.39, 0.29) is 25.7 Å². The summed E-state index contributed by atoms with van der Waals surface area (Å²) in [5.74, 6) is -2.16. The van der Waals surface area contributed by atoms with Crippen molar-refractivity contribution in [2.75, 3.05) is 39.6 Å². The Balaban J connectivity index is 5.26. The molecule has 0 saturated heterocycles. The van der Waals surface area contributed by atoms with Gasteiger partial charge in [0.05, 0.1) is 26.4 Å². The molecular formula is C79H146O17P2. The minimum Gasteiger partial charge on any atom is -0.462 e. The Morgan fingerprint density at radius 1 is 0.286 bits per heavy atom. The summed E-state index contributed by atoms with van der Waals surface area (Å²) in [4.78, 5) is 72.9. The zero-order chi connectivity index (χ0) is 71.8. The molecule has 3 N–H and O–H groups in total. The average Bonchev–Trinajstić information content (AvgIpc) is 0.974. The summed E-state index contributed by atoms with van der Waals surface area (Å²) in [6, 6.07) is 0. The fourth-order valence-electron chi connectivity index (χ4n) is 11.2. The Morgan fingerprint density at radius 2 is 0.510 bits per heavy atom. The van der Waals surface area contributed by atoms with Crippen LogP contribution in [0.3, 0.4) is 0 Å². The maximum absolute atomic E-state index is 13.1. The van der Waals surface area contributed by atoms with Crippen LogP contribution >= 0.6 is 15.6 Å². The summed E-state index contributed by atoms with van der Waals surface area (Å²) in [5, 5.41) is 10.6. The summed E-state index contributed by atoms with van der Waals surface area (Å²) in [7, 11) is -9.93. The van der Waals surface area contributed by atoms with Crippen molar-refractivity contribution in [3.63, 3.8) is 0 Å². The molecule has 574 valence electrons. The maximum atomic E-state index is 13.1. The number of carbonyl (C=O) groups is 4. The zero-order valence-corrected chi connectivity index (χ0v) is 64.5. The topological polar surface area (TPSA) is 237 Å². The quantitative estimate of drug-likeness (QED) is 0.0169. The van der Waals surface area contributed by atoms with Gasteiger partial charge in [-0.25, -0.2) is 9.13 Å². The highest BCUT2D eigenvalue weighted by Crippen LogP contribution is 2.45. The molecule has 0 bridgehead atoms. The van der Waals surface area contributed by atoms with Crippen molar-refractivity contribution in [3.8, 4) is 0 Å². The zero-order valence-electron chi connectivity index (χ0n) is 62.7. The van der Waals surface area contributed by atoms with Gasteiger partial charge in [-0.05, 0) is 83.5 Å². The molecule has 0 radical (unpaired) electrons. The first-order valence-corrected chi connectivity index (χ1v) is 42.9. The smallest absolute Gasteiger partial charge is 0.462 e. The fourth-order valence-corrected chi connectivity index (χ4v) is 12.7. The Morgan fingerprint density at radius 3 is 0.827 bits per heavy atom. The highest BCUT2D eigenvalue weighted by Gasteiger charge is 2.30. The minimum atomic E-state index is -4.97. The Bertz CT molecular complexity index is 2050. The van der Waals surface area contributed by atoms with E-state index in [2.05, 4.69) is 76.3 Å². The number of phosphoric acid groups is 2. The van der Waals surface area contributed by atoms with Gasteiger partial charge in [0, 0.05) is 25.7 Å². The molecule has 0 aromatic heterocycles. The first kappa shape index (κ1) is 95.0. The van der Waals surface area contributed by atoms with Gasteiger partial charge in [0.1, 0.15) is 19.3 Å². The van der Waals surface area contributed by atoms with Gasteiger partial charge in [-0.3, -0.25) is 37.3 Å². The van der Waals surface area contributed by atoms with Crippen LogP contribution in [0, 0.1) is 0 Å². The number of hydrogen-bond acceptors (Lipinski definition) is 15. The molecular weight excluding hydrogens is 1280 g/mol. The summed E-state index contributed by atoms with van der Waals surface area (Å²) in [6.45, 7) is 4.86. The molecule has 0 aliphatic heterocycles. The third kappa shape index (κ3) is 71.4. The first-order valence-electron chi connectivity index (χ1n) is 39.9. The van der Waals surface area contributed by atoms with Crippen molar-refractivity contribution < 1.29 is 80.2 Å². The van der Waals surface area contributed by atoms with Gasteiger partial charge in [-0.2, -0.15) is 0 Å². The number of carbonyl (C=O) groups excluding carboxylic acids is 4. The van der Waals surface area contributed by atoms with Gasteiger partial charge < -0.3 is 33.8 Å². The second-order valence-electron chi connectivity index (χ2n) is 27.0. The van der Waals surface area contributed by atoms with Crippen molar-refractivity contribution in [2.24, 2.45) is 0 Å². The molecule has 0 saturated carbocycles. The van der Waals surface area contributed by atoms with E-state index in [1.54, 1.807) is 0 Å². The molecule has 0 rings (SSSR count). The molecule has 0 aliphatic carbocycles. The van der Waals surface area contributed by atoms with Crippen molar-refractivity contribution in [3.05, 3.63) is 48.6 Å². The van der Waals surface area contributed by atoms with E-state index >= 15 is 0 Å². The molecule has 0 heterocycles. The first-order chi connectivity index (χ1) is 47.7. The number of esters is 4. The van der Waals surface area contributed by atoms with E-state index < -0.39 is 97.5 Å². The number of ether oxygens (including phenoxy) is 4. The van der Waals surface area contributed by atoms with Crippen LogP contribution in [-0.4, -0.2) is 96.7 Å². The Hall–Kier alpha value is -2.98. The van der Waals surface area contributed by atoms with Gasteiger partial charge in [-0.15, -0.1) is 0 Å². The summed E-state index contributed by atoms with van der Waals surface area (Å²) >= 11 is 0. The van der Waals surface area contributed by atoms with Crippen molar-refractivity contribution in [1.82, 2.24) is 0 Å². The monoisotopic (exact) mass is 1430 g/mol. The lowest BCUT2D eigenvalue weighted by Gasteiger charge is -2.21. The molecule has 0 fully saturated rings. The number of rotatable bonds is 76. The second-order valence-corrected chi connectivity index (χ2v) is 29.9. The van der Waals surface area contributed by atoms with Gasteiger partial charge in [0.2, 0.25) is 0 Å². The predicted molar refractivity (Wildman–Crippen MR) is 400 cm³/mol. The van der Waals surface area contributed by atoms with Gasteiger partial charge in [0.15, 0.2) is 12.2 Å². The van der Waals surface area contributed by atoms with Crippen molar-refractivity contribution in [2.45, 2.75) is 393 Å². The van der Waals surface area contributed by atoms with Crippen molar-refractivity contribution >= 4 is 39.5 Å². The number of allylic oxidation sites excluding steroid dienone is 8. The Kier molecular flexibility index (Phi) is 70.2. The molecule has 19 heteroatoms. The van der Waals surface area contributed by atoms with E-state index in [9.17, 15) is 43.2 Å². The number of aliphatic hydroxyl groups excluding tert-OH is 1. The van der Waals surface area contributed by atoms with Crippen LogP contribution in [-0.2, 0) is 65.4 Å². The second kappa shape index (κ2) is 72.4. The molecule has 5 atom stereocenters. The van der Waals surface area contributed by atoms with Gasteiger partial charge in [0.25, 0.3) is 0 Å². The SMILES string of the molecule is CCCC/C=C\CCCCCCCC(=O)OC(COC(=O)CCCCCCCC/C=C\C/C=C\C/C=C\CCCCC)COP(=O)(O)OCC(O)COP(=O)(O)OCC(COC(=O)CCCCCCCCCCCCCCCCC)OC(=O)CCCCCCCCCCCCCCC. The van der Waals surface area contributed by atoms with E-state index in [4.69, 9.17) is 37.0 Å². The normalized spacial score (nSPS) is 14.2. The number of unbranched alkanes of at least 4 members (excludes halogenated alkanes) is 42. The van der Waals surface area contributed by atoms with E-state index in [1.165, 1.54) is 154 Å². The summed E-state index contributed by atoms with van der Waals surface area (Å²) in [5.41, 5.74) is 0. The number of aliphatic hydroxyl groups is 1. The molecule has 5 unspecified atom stereocenters. The lowest BCUT2D eigenvalue weighted by atomic mass is 10.0. The molecule has 17 nitrogen and oxygen atoms in total. The van der Waals surface area contributed by atoms with Crippen LogP contribution in [0.2, 0.25) is 0 Å². The molecule has 0 aromatic carbocycles. The molecule has 0 amide bonds. The molecule has 0 spiro atoms. The fraction of sp³-hybridized carbons (Fsp3) is 0.848. The van der Waals surface area contributed by atoms with Crippen LogP contribution in [0.15, 0.2) is 48.6 Å². The maximum Gasteiger partial charge on any atom is 0.472 e. The largest absolute Gasteiger partial charge is 0.472 e. The van der Waals surface area contributed by atoms with Crippen LogP contribution in [0.4, 0.5) is 0 Å². The van der Waals surface area contributed by atoms with Crippen molar-refractivity contribution in [1.29, 1.82) is 0 Å². The predicted octanol–water partition coefficient (Wildman–Crippen LogP) is 22.9. The van der Waals surface area contributed by atoms with E-state index in [1.807, 2.05) is 0 Å². The summed E-state index contributed by atoms with van der Waals surface area (Å²) in [6.07, 6.45) is 69.5. The van der Waals surface area contributed by atoms with E-state index in [0.717, 1.165) is 141 Å². The standard InChI is InChI=1S/C79H146O17P2/c1-5-9-13-17-21-25-29-32-34-35-36-37-39-42-45-48-52-56-60-64-77(82)89-69-74(95-78(83)65-61-57-53-49-43-28-24-20-16-12-8-4)71-93-97(85,86)91-67-73(80)68-92-98(87,88)94-72-75(96-79(84)66-62-58-54-50-46-40-31-27-23-19-15-11-7-3)70-90-76(81)63-59-55-51-47-44-41-38-33-30-26-22-18-14-10-6-2/h20-21,24-25,32,34,36-37,73-75,80H,5-19,22-23,26-31,33,35,38-72H2,1-4H3,(H,85,86)(H,87,88)/b24-20-,25-21-,34-32-,37-36-. The molecule has 98 heavy (non-hydrogen) atoms. The lowest BCUT2D eigenvalue weighted by Crippen LogP contribution is -2.30. The molecule has 0 aromatic rings. The van der Waals surface area contributed by atoms with Crippen LogP contribution < -0.4 is 0 Å². The average molecular weight is 1430 g/mol. The number of hydrogen-bond donors (Lipinski definition) is 3. The van der Waals surface area contributed by atoms with Crippen LogP contribution in [0.25, 0.3) is 0 Å². The highest BCUT2D eigenvalue weighted by atomic mass is 31.2. The summed E-state index contributed by atoms with van der Waals surface area (Å²) < 4.78 is 68.5. The lowest BCUT2D eigenvalue weighted by molar-refractivity contribution is -0.161. The highest BCUT2D eigenvalue weighted by molar-refractivity contribution is 7.47. The number of phosphoric ester groups is 2. The van der Waals surface area contributed by atoms with Crippen LogP contribution in [0.5, 0.6) is 0 Å². The van der Waals surface area contributed by atoms with E-state index in [0.29, 0.717) is 25.7 Å². The van der Waals surface area contributed by atoms with Crippen LogP contribution in [0.1, 0.15) is 374 Å². The molecule has 0 aliphatic rings. The third-order valence-electron chi connectivity index (χ3n) is 17.3. The third-order valence-corrected chi connectivity index (χ3v) is 19.2.